The third-order valence-electron chi connectivity index (χ3n) is 4.05. The molecule has 2 N–H and O–H groups in total. The number of guanidine groups is 1. The standard InChI is InChI=1S/C18H28N4O/c1-19-18(20-11-9-14-7-8-14)21-12-10-15-5-4-6-16(13-15)17(23)22(2)3/h4-6,13-14H,7-12H2,1-3H3,(H2,19,20,21). The molecule has 0 atom stereocenters. The molecule has 5 nitrogen and oxygen atoms in total. The van der Waals surface area contributed by atoms with Gasteiger partial charge in [0.05, 0.1) is 0 Å². The molecule has 0 aliphatic heterocycles. The third kappa shape index (κ3) is 5.93. The van der Waals surface area contributed by atoms with E-state index in [2.05, 4.69) is 21.7 Å². The van der Waals surface area contributed by atoms with Gasteiger partial charge in [-0.15, -0.1) is 0 Å². The second-order valence-corrected chi connectivity index (χ2v) is 6.31. The highest BCUT2D eigenvalue weighted by molar-refractivity contribution is 5.94. The lowest BCUT2D eigenvalue weighted by molar-refractivity contribution is 0.0827. The molecule has 0 radical (unpaired) electrons. The summed E-state index contributed by atoms with van der Waals surface area (Å²) in [5, 5.41) is 6.68. The van der Waals surface area contributed by atoms with Gasteiger partial charge >= 0.3 is 0 Å². The van der Waals surface area contributed by atoms with Gasteiger partial charge in [0.25, 0.3) is 5.91 Å². The first-order chi connectivity index (χ1) is 11.1. The van der Waals surface area contributed by atoms with Crippen LogP contribution >= 0.6 is 0 Å². The van der Waals surface area contributed by atoms with Crippen LogP contribution < -0.4 is 10.6 Å². The molecule has 1 aliphatic rings. The fraction of sp³-hybridized carbons (Fsp3) is 0.556. The van der Waals surface area contributed by atoms with Crippen LogP contribution in [0.5, 0.6) is 0 Å². The van der Waals surface area contributed by atoms with Gasteiger partial charge in [-0.25, -0.2) is 0 Å². The molecular formula is C18H28N4O. The number of carbonyl (C=O) groups is 1. The molecule has 1 amide bonds. The number of amides is 1. The molecule has 5 heteroatoms. The number of hydrogen-bond donors (Lipinski definition) is 2. The van der Waals surface area contributed by atoms with Gasteiger partial charge in [0.1, 0.15) is 0 Å². The van der Waals surface area contributed by atoms with Crippen molar-refractivity contribution in [3.05, 3.63) is 35.4 Å². The van der Waals surface area contributed by atoms with Gasteiger partial charge in [-0.1, -0.05) is 25.0 Å². The minimum atomic E-state index is 0.0392. The minimum absolute atomic E-state index is 0.0392. The average Bonchev–Trinajstić information content (AvgIpc) is 3.37. The van der Waals surface area contributed by atoms with Gasteiger partial charge < -0.3 is 15.5 Å². The van der Waals surface area contributed by atoms with E-state index >= 15 is 0 Å². The highest BCUT2D eigenvalue weighted by Gasteiger charge is 2.20. The van der Waals surface area contributed by atoms with Crippen molar-refractivity contribution in [1.82, 2.24) is 15.5 Å². The van der Waals surface area contributed by atoms with Crippen LogP contribution in [-0.2, 0) is 6.42 Å². The maximum atomic E-state index is 12.0. The van der Waals surface area contributed by atoms with E-state index in [1.807, 2.05) is 18.2 Å². The van der Waals surface area contributed by atoms with Crippen molar-refractivity contribution >= 4 is 11.9 Å². The molecule has 0 bridgehead atoms. The Bertz CT molecular complexity index is 550. The second-order valence-electron chi connectivity index (χ2n) is 6.31. The topological polar surface area (TPSA) is 56.7 Å². The summed E-state index contributed by atoms with van der Waals surface area (Å²) in [5.74, 6) is 1.82. The molecule has 2 rings (SSSR count). The Hall–Kier alpha value is -2.04. The smallest absolute Gasteiger partial charge is 0.253 e. The fourth-order valence-corrected chi connectivity index (χ4v) is 2.47. The van der Waals surface area contributed by atoms with Crippen LogP contribution in [-0.4, -0.2) is 51.0 Å². The summed E-state index contributed by atoms with van der Waals surface area (Å²) in [5.41, 5.74) is 1.89. The van der Waals surface area contributed by atoms with Crippen molar-refractivity contribution < 1.29 is 4.79 Å². The average molecular weight is 316 g/mol. The van der Waals surface area contributed by atoms with Gasteiger partial charge in [-0.05, 0) is 36.5 Å². The number of hydrogen-bond acceptors (Lipinski definition) is 2. The van der Waals surface area contributed by atoms with Crippen molar-refractivity contribution in [2.45, 2.75) is 25.7 Å². The lowest BCUT2D eigenvalue weighted by Gasteiger charge is -2.13. The zero-order valence-electron chi connectivity index (χ0n) is 14.4. The van der Waals surface area contributed by atoms with Crippen molar-refractivity contribution in [3.8, 4) is 0 Å². The molecule has 0 aromatic heterocycles. The Morgan fingerprint density at radius 3 is 2.65 bits per heavy atom. The molecule has 1 aromatic carbocycles. The molecule has 1 fully saturated rings. The van der Waals surface area contributed by atoms with Gasteiger partial charge in [0.15, 0.2) is 5.96 Å². The molecule has 1 aromatic rings. The van der Waals surface area contributed by atoms with E-state index in [0.29, 0.717) is 0 Å². The highest BCUT2D eigenvalue weighted by Crippen LogP contribution is 2.31. The lowest BCUT2D eigenvalue weighted by atomic mass is 10.1. The fourth-order valence-electron chi connectivity index (χ4n) is 2.47. The van der Waals surface area contributed by atoms with Crippen LogP contribution in [0.1, 0.15) is 35.2 Å². The first-order valence-corrected chi connectivity index (χ1v) is 8.35. The predicted octanol–water partition coefficient (Wildman–Crippen LogP) is 1.90. The summed E-state index contributed by atoms with van der Waals surface area (Å²) >= 11 is 0. The summed E-state index contributed by atoms with van der Waals surface area (Å²) < 4.78 is 0. The molecule has 0 heterocycles. The monoisotopic (exact) mass is 316 g/mol. The van der Waals surface area contributed by atoms with Crippen molar-refractivity contribution in [3.63, 3.8) is 0 Å². The highest BCUT2D eigenvalue weighted by atomic mass is 16.2. The SMILES string of the molecule is CN=C(NCCc1cccc(C(=O)N(C)C)c1)NCCC1CC1. The second kappa shape index (κ2) is 8.56. The van der Waals surface area contributed by atoms with Gasteiger partial charge in [0.2, 0.25) is 0 Å². The normalized spacial score (nSPS) is 14.5. The first-order valence-electron chi connectivity index (χ1n) is 8.35. The zero-order valence-corrected chi connectivity index (χ0v) is 14.4. The zero-order chi connectivity index (χ0) is 16.7. The van der Waals surface area contributed by atoms with Gasteiger partial charge in [-0.3, -0.25) is 9.79 Å². The van der Waals surface area contributed by atoms with Gasteiger partial charge in [-0.2, -0.15) is 0 Å². The molecule has 0 unspecified atom stereocenters. The van der Waals surface area contributed by atoms with Crippen LogP contribution in [0.15, 0.2) is 29.3 Å². The van der Waals surface area contributed by atoms with Crippen LogP contribution in [0.3, 0.4) is 0 Å². The molecule has 126 valence electrons. The minimum Gasteiger partial charge on any atom is -0.356 e. The Kier molecular flexibility index (Phi) is 6.44. The van der Waals surface area contributed by atoms with Crippen LogP contribution in [0.25, 0.3) is 0 Å². The van der Waals surface area contributed by atoms with Crippen molar-refractivity contribution in [1.29, 1.82) is 0 Å². The third-order valence-corrected chi connectivity index (χ3v) is 4.05. The Balaban J connectivity index is 1.75. The number of nitrogens with one attached hydrogen (secondary N) is 2. The first kappa shape index (κ1) is 17.3. The molecule has 1 saturated carbocycles. The van der Waals surface area contributed by atoms with E-state index in [1.165, 1.54) is 19.3 Å². The largest absolute Gasteiger partial charge is 0.356 e. The number of carbonyl (C=O) groups excluding carboxylic acids is 1. The molecule has 1 aliphatic carbocycles. The van der Waals surface area contributed by atoms with Crippen LogP contribution in [0, 0.1) is 5.92 Å². The van der Waals surface area contributed by atoms with E-state index in [0.717, 1.165) is 42.5 Å². The maximum absolute atomic E-state index is 12.0. The summed E-state index contributed by atoms with van der Waals surface area (Å²) in [6, 6.07) is 7.82. The Morgan fingerprint density at radius 1 is 1.26 bits per heavy atom. The molecule has 0 spiro atoms. The summed E-state index contributed by atoms with van der Waals surface area (Å²) in [6.07, 6.45) is 4.86. The van der Waals surface area contributed by atoms with E-state index in [-0.39, 0.29) is 5.91 Å². The Morgan fingerprint density at radius 2 is 2.00 bits per heavy atom. The predicted molar refractivity (Wildman–Crippen MR) is 94.9 cm³/mol. The van der Waals surface area contributed by atoms with Crippen LogP contribution in [0.2, 0.25) is 0 Å². The number of aliphatic imine (C=N–C) groups is 1. The molecule has 23 heavy (non-hydrogen) atoms. The van der Waals surface area contributed by atoms with E-state index < -0.39 is 0 Å². The summed E-state index contributed by atoms with van der Waals surface area (Å²) in [6.45, 7) is 1.78. The number of rotatable bonds is 7. The number of nitrogens with zero attached hydrogens (tertiary/aromatic N) is 2. The quantitative estimate of drug-likeness (QED) is 0.597. The van der Waals surface area contributed by atoms with Gasteiger partial charge in [0, 0.05) is 39.8 Å². The Labute approximate surface area is 139 Å². The summed E-state index contributed by atoms with van der Waals surface area (Å²) in [4.78, 5) is 17.8. The maximum Gasteiger partial charge on any atom is 0.253 e. The lowest BCUT2D eigenvalue weighted by Crippen LogP contribution is -2.38. The van der Waals surface area contributed by atoms with E-state index in [1.54, 1.807) is 26.0 Å². The van der Waals surface area contributed by atoms with E-state index in [4.69, 9.17) is 0 Å². The molecular weight excluding hydrogens is 288 g/mol. The molecule has 0 saturated heterocycles. The van der Waals surface area contributed by atoms with E-state index in [9.17, 15) is 4.79 Å². The summed E-state index contributed by atoms with van der Waals surface area (Å²) in [7, 11) is 5.34. The van der Waals surface area contributed by atoms with Crippen molar-refractivity contribution in [2.24, 2.45) is 10.9 Å². The number of benzene rings is 1. The van der Waals surface area contributed by atoms with Crippen LogP contribution in [0.4, 0.5) is 0 Å². The van der Waals surface area contributed by atoms with Crippen molar-refractivity contribution in [2.75, 3.05) is 34.2 Å².